The van der Waals surface area contributed by atoms with Crippen molar-refractivity contribution in [1.29, 1.82) is 0 Å². The van der Waals surface area contributed by atoms with Gasteiger partial charge in [0.15, 0.2) is 0 Å². The lowest BCUT2D eigenvalue weighted by atomic mass is 10.2. The van der Waals surface area contributed by atoms with Gasteiger partial charge in [-0.3, -0.25) is 4.79 Å². The van der Waals surface area contributed by atoms with Gasteiger partial charge in [0.05, 0.1) is 6.54 Å². The second-order valence-corrected chi connectivity index (χ2v) is 5.50. The van der Waals surface area contributed by atoms with E-state index in [2.05, 4.69) is 26.6 Å². The highest BCUT2D eigenvalue weighted by Gasteiger charge is 2.20. The average Bonchev–Trinajstić information content (AvgIpc) is 3.06. The van der Waals surface area contributed by atoms with Gasteiger partial charge in [0.2, 0.25) is 5.91 Å². The summed E-state index contributed by atoms with van der Waals surface area (Å²) in [6.45, 7) is 3.34. The Balaban J connectivity index is 1.79. The fourth-order valence-corrected chi connectivity index (χ4v) is 2.15. The third-order valence-electron chi connectivity index (χ3n) is 2.88. The quantitative estimate of drug-likeness (QED) is 0.877. The Morgan fingerprint density at radius 1 is 1.47 bits per heavy atom. The molecule has 2 N–H and O–H groups in total. The Morgan fingerprint density at radius 2 is 2.24 bits per heavy atom. The lowest BCUT2D eigenvalue weighted by Gasteiger charge is -2.09. The fraction of sp³-hybridized carbons (Fsp3) is 0.462. The summed E-state index contributed by atoms with van der Waals surface area (Å²) in [5.74, 6) is 0.827. The van der Waals surface area contributed by atoms with Gasteiger partial charge in [-0.25, -0.2) is 0 Å². The van der Waals surface area contributed by atoms with Crippen LogP contribution < -0.4 is 10.6 Å². The Bertz CT molecular complexity index is 416. The van der Waals surface area contributed by atoms with Gasteiger partial charge < -0.3 is 10.6 Å². The largest absolute Gasteiger partial charge is 0.325 e. The van der Waals surface area contributed by atoms with Crippen LogP contribution in [0.15, 0.2) is 22.7 Å². The zero-order chi connectivity index (χ0) is 12.3. The van der Waals surface area contributed by atoms with Crippen LogP contribution in [0.25, 0.3) is 0 Å². The summed E-state index contributed by atoms with van der Waals surface area (Å²) in [5, 5.41) is 6.09. The van der Waals surface area contributed by atoms with Crippen molar-refractivity contribution in [2.75, 3.05) is 18.4 Å². The molecule has 0 saturated heterocycles. The molecular weight excluding hydrogens is 280 g/mol. The molecule has 1 aliphatic carbocycles. The summed E-state index contributed by atoms with van der Waals surface area (Å²) >= 11 is 3.40. The van der Waals surface area contributed by atoms with E-state index < -0.39 is 0 Å². The zero-order valence-electron chi connectivity index (χ0n) is 9.92. The Labute approximate surface area is 110 Å². The Hall–Kier alpha value is -0.870. The van der Waals surface area contributed by atoms with Gasteiger partial charge in [0.1, 0.15) is 0 Å². The van der Waals surface area contributed by atoms with Crippen LogP contribution in [0.2, 0.25) is 0 Å². The third kappa shape index (κ3) is 4.13. The molecule has 2 rings (SSSR count). The first-order chi connectivity index (χ1) is 8.15. The molecule has 92 valence electrons. The van der Waals surface area contributed by atoms with Crippen molar-refractivity contribution in [3.63, 3.8) is 0 Å². The first kappa shape index (κ1) is 12.6. The Kier molecular flexibility index (Phi) is 4.18. The van der Waals surface area contributed by atoms with Gasteiger partial charge >= 0.3 is 0 Å². The maximum Gasteiger partial charge on any atom is 0.238 e. The van der Waals surface area contributed by atoms with Crippen LogP contribution in [0.1, 0.15) is 18.4 Å². The maximum absolute atomic E-state index is 11.7. The normalized spacial score (nSPS) is 14.7. The highest BCUT2D eigenvalue weighted by atomic mass is 79.9. The predicted octanol–water partition coefficient (Wildman–Crippen LogP) is 2.70. The van der Waals surface area contributed by atoms with Gasteiger partial charge in [0, 0.05) is 10.2 Å². The number of aryl methyl sites for hydroxylation is 1. The van der Waals surface area contributed by atoms with Gasteiger partial charge in [-0.15, -0.1) is 0 Å². The number of hydrogen-bond acceptors (Lipinski definition) is 2. The van der Waals surface area contributed by atoms with E-state index in [9.17, 15) is 4.79 Å². The predicted molar refractivity (Wildman–Crippen MR) is 73.1 cm³/mol. The van der Waals surface area contributed by atoms with Crippen LogP contribution in [0.5, 0.6) is 0 Å². The number of rotatable bonds is 5. The number of benzene rings is 1. The lowest BCUT2D eigenvalue weighted by Crippen LogP contribution is -2.29. The summed E-state index contributed by atoms with van der Waals surface area (Å²) in [5.41, 5.74) is 1.95. The van der Waals surface area contributed by atoms with Crippen molar-refractivity contribution in [1.82, 2.24) is 5.32 Å². The molecule has 0 unspecified atom stereocenters. The van der Waals surface area contributed by atoms with Gasteiger partial charge in [-0.05, 0) is 56.0 Å². The highest BCUT2D eigenvalue weighted by molar-refractivity contribution is 9.10. The molecule has 1 aliphatic rings. The molecule has 0 bridgehead atoms. The van der Waals surface area contributed by atoms with Crippen LogP contribution in [0, 0.1) is 12.8 Å². The molecule has 1 fully saturated rings. The monoisotopic (exact) mass is 296 g/mol. The molecule has 3 nitrogen and oxygen atoms in total. The molecule has 0 aromatic heterocycles. The first-order valence-electron chi connectivity index (χ1n) is 5.92. The van der Waals surface area contributed by atoms with E-state index in [1.165, 1.54) is 12.8 Å². The molecule has 0 heterocycles. The molecule has 1 aromatic carbocycles. The molecule has 0 spiro atoms. The number of carbonyl (C=O) groups excluding carboxylic acids is 1. The zero-order valence-corrected chi connectivity index (χ0v) is 11.5. The highest BCUT2D eigenvalue weighted by Crippen LogP contribution is 2.27. The molecule has 0 radical (unpaired) electrons. The number of nitrogens with one attached hydrogen (secondary N) is 2. The summed E-state index contributed by atoms with van der Waals surface area (Å²) in [4.78, 5) is 11.7. The molecule has 1 aromatic rings. The van der Waals surface area contributed by atoms with Gasteiger partial charge in [-0.2, -0.15) is 0 Å². The molecule has 0 atom stereocenters. The standard InChI is InChI=1S/C13H17BrN2O/c1-9-6-11(14)4-5-12(9)16-13(17)8-15-7-10-2-3-10/h4-6,10,15H,2-3,7-8H2,1H3,(H,16,17). The van der Waals surface area contributed by atoms with E-state index in [-0.39, 0.29) is 5.91 Å². The van der Waals surface area contributed by atoms with Crippen LogP contribution >= 0.6 is 15.9 Å². The smallest absolute Gasteiger partial charge is 0.238 e. The first-order valence-corrected chi connectivity index (χ1v) is 6.71. The third-order valence-corrected chi connectivity index (χ3v) is 3.37. The summed E-state index contributed by atoms with van der Waals surface area (Å²) < 4.78 is 1.03. The number of amides is 1. The minimum Gasteiger partial charge on any atom is -0.325 e. The van der Waals surface area contributed by atoms with Crippen molar-refractivity contribution >= 4 is 27.5 Å². The van der Waals surface area contributed by atoms with Crippen LogP contribution in [0.4, 0.5) is 5.69 Å². The number of hydrogen-bond donors (Lipinski definition) is 2. The molecule has 0 aliphatic heterocycles. The van der Waals surface area contributed by atoms with Gasteiger partial charge in [0.25, 0.3) is 0 Å². The van der Waals surface area contributed by atoms with Crippen LogP contribution in [0.3, 0.4) is 0 Å². The second-order valence-electron chi connectivity index (χ2n) is 4.58. The van der Waals surface area contributed by atoms with E-state index in [0.29, 0.717) is 6.54 Å². The topological polar surface area (TPSA) is 41.1 Å². The second kappa shape index (κ2) is 5.65. The minimum absolute atomic E-state index is 0.0241. The molecule has 1 saturated carbocycles. The van der Waals surface area contributed by atoms with Gasteiger partial charge in [-0.1, -0.05) is 15.9 Å². The lowest BCUT2D eigenvalue weighted by molar-refractivity contribution is -0.115. The van der Waals surface area contributed by atoms with Crippen molar-refractivity contribution in [2.45, 2.75) is 19.8 Å². The van der Waals surface area contributed by atoms with E-state index in [4.69, 9.17) is 0 Å². The van der Waals surface area contributed by atoms with E-state index in [1.54, 1.807) is 0 Å². The minimum atomic E-state index is 0.0241. The molecule has 1 amide bonds. The van der Waals surface area contributed by atoms with E-state index in [1.807, 2.05) is 25.1 Å². The van der Waals surface area contributed by atoms with Crippen molar-refractivity contribution in [3.05, 3.63) is 28.2 Å². The number of carbonyl (C=O) groups is 1. The van der Waals surface area contributed by atoms with E-state index in [0.717, 1.165) is 28.2 Å². The molecule has 17 heavy (non-hydrogen) atoms. The van der Waals surface area contributed by atoms with Crippen LogP contribution in [-0.2, 0) is 4.79 Å². The Morgan fingerprint density at radius 3 is 2.88 bits per heavy atom. The summed E-state index contributed by atoms with van der Waals surface area (Å²) in [6, 6.07) is 5.84. The van der Waals surface area contributed by atoms with Crippen molar-refractivity contribution in [2.24, 2.45) is 5.92 Å². The summed E-state index contributed by atoms with van der Waals surface area (Å²) in [7, 11) is 0. The fourth-order valence-electron chi connectivity index (χ4n) is 1.67. The van der Waals surface area contributed by atoms with E-state index >= 15 is 0 Å². The van der Waals surface area contributed by atoms with Crippen LogP contribution in [-0.4, -0.2) is 19.0 Å². The maximum atomic E-state index is 11.7. The SMILES string of the molecule is Cc1cc(Br)ccc1NC(=O)CNCC1CC1. The summed E-state index contributed by atoms with van der Waals surface area (Å²) in [6.07, 6.45) is 2.61. The number of halogens is 1. The molecular formula is C13H17BrN2O. The molecule has 4 heteroatoms. The van der Waals surface area contributed by atoms with Crippen molar-refractivity contribution < 1.29 is 4.79 Å². The van der Waals surface area contributed by atoms with Crippen molar-refractivity contribution in [3.8, 4) is 0 Å². The average molecular weight is 297 g/mol. The number of anilines is 1.